The molecule has 4 heteroatoms. The fraction of sp³-hybridized carbons (Fsp3) is 0.500. The van der Waals surface area contributed by atoms with E-state index in [2.05, 4.69) is 21.9 Å². The van der Waals surface area contributed by atoms with Crippen molar-refractivity contribution in [2.45, 2.75) is 26.2 Å². The van der Waals surface area contributed by atoms with Crippen LogP contribution in [0.25, 0.3) is 0 Å². The summed E-state index contributed by atoms with van der Waals surface area (Å²) in [6.07, 6.45) is 6.15. The number of nitrogens with one attached hydrogen (secondary N) is 1. The molecule has 0 radical (unpaired) electrons. The Morgan fingerprint density at radius 3 is 3.29 bits per heavy atom. The third kappa shape index (κ3) is 1.60. The molecule has 0 saturated carbocycles. The van der Waals surface area contributed by atoms with E-state index >= 15 is 0 Å². The van der Waals surface area contributed by atoms with Gasteiger partial charge in [-0.25, -0.2) is 9.98 Å². The van der Waals surface area contributed by atoms with Gasteiger partial charge in [0.25, 0.3) is 5.56 Å². The second-order valence-electron chi connectivity index (χ2n) is 3.52. The fourth-order valence-corrected chi connectivity index (χ4v) is 1.65. The SMILES string of the molecule is CCC1C=Nc2nc[nH]c(=O)c2CC1. The van der Waals surface area contributed by atoms with Gasteiger partial charge >= 0.3 is 0 Å². The van der Waals surface area contributed by atoms with Gasteiger partial charge in [0.2, 0.25) is 0 Å². The summed E-state index contributed by atoms with van der Waals surface area (Å²) in [5.74, 6) is 1.06. The fourth-order valence-electron chi connectivity index (χ4n) is 1.65. The van der Waals surface area contributed by atoms with E-state index in [1.165, 1.54) is 6.33 Å². The number of H-pyrrole nitrogens is 1. The van der Waals surface area contributed by atoms with Gasteiger partial charge in [0.05, 0.1) is 11.9 Å². The molecule has 1 aliphatic heterocycles. The van der Waals surface area contributed by atoms with Gasteiger partial charge in [-0.1, -0.05) is 6.92 Å². The minimum absolute atomic E-state index is 0.0519. The first-order valence-electron chi connectivity index (χ1n) is 4.92. The minimum Gasteiger partial charge on any atom is -0.313 e. The number of aliphatic imine (C=N–C) groups is 1. The van der Waals surface area contributed by atoms with Crippen LogP contribution >= 0.6 is 0 Å². The number of hydrogen-bond acceptors (Lipinski definition) is 3. The molecule has 2 rings (SSSR count). The van der Waals surface area contributed by atoms with E-state index in [0.29, 0.717) is 11.7 Å². The van der Waals surface area contributed by atoms with Crippen molar-refractivity contribution in [3.8, 4) is 0 Å². The van der Waals surface area contributed by atoms with Crippen LogP contribution in [0.2, 0.25) is 0 Å². The van der Waals surface area contributed by atoms with Crippen molar-refractivity contribution in [2.24, 2.45) is 10.9 Å². The van der Waals surface area contributed by atoms with Gasteiger partial charge in [-0.05, 0) is 25.2 Å². The standard InChI is InChI=1S/C10H13N3O/c1-2-7-3-4-8-9(11-5-7)12-6-13-10(8)14/h5-7H,2-4H2,1H3,(H,12,13,14). The minimum atomic E-state index is -0.0519. The molecule has 0 bridgehead atoms. The van der Waals surface area contributed by atoms with Crippen LogP contribution in [0.1, 0.15) is 25.3 Å². The van der Waals surface area contributed by atoms with E-state index in [0.717, 1.165) is 24.8 Å². The lowest BCUT2D eigenvalue weighted by molar-refractivity contribution is 0.619. The van der Waals surface area contributed by atoms with Gasteiger partial charge in [0, 0.05) is 6.21 Å². The molecule has 0 fully saturated rings. The maximum absolute atomic E-state index is 11.4. The predicted octanol–water partition coefficient (Wildman–Crippen LogP) is 1.44. The van der Waals surface area contributed by atoms with Crippen molar-refractivity contribution in [1.82, 2.24) is 9.97 Å². The summed E-state index contributed by atoms with van der Waals surface area (Å²) >= 11 is 0. The van der Waals surface area contributed by atoms with Crippen LogP contribution in [-0.2, 0) is 6.42 Å². The average molecular weight is 191 g/mol. The van der Waals surface area contributed by atoms with Gasteiger partial charge < -0.3 is 4.98 Å². The van der Waals surface area contributed by atoms with E-state index in [9.17, 15) is 4.79 Å². The second-order valence-corrected chi connectivity index (χ2v) is 3.52. The largest absolute Gasteiger partial charge is 0.313 e. The predicted molar refractivity (Wildman–Crippen MR) is 55.1 cm³/mol. The second kappa shape index (κ2) is 3.74. The van der Waals surface area contributed by atoms with Gasteiger partial charge in [0.1, 0.15) is 0 Å². The lowest BCUT2D eigenvalue weighted by atomic mass is 10.0. The number of hydrogen-bond donors (Lipinski definition) is 1. The first-order valence-corrected chi connectivity index (χ1v) is 4.92. The summed E-state index contributed by atoms with van der Waals surface area (Å²) in [7, 11) is 0. The Labute approximate surface area is 82.1 Å². The van der Waals surface area contributed by atoms with E-state index in [4.69, 9.17) is 0 Å². The van der Waals surface area contributed by atoms with Crippen LogP contribution < -0.4 is 5.56 Å². The molecular weight excluding hydrogens is 178 g/mol. The summed E-state index contributed by atoms with van der Waals surface area (Å²) in [4.78, 5) is 22.3. The van der Waals surface area contributed by atoms with Crippen LogP contribution in [0.3, 0.4) is 0 Å². The Kier molecular flexibility index (Phi) is 2.43. The Morgan fingerprint density at radius 2 is 2.50 bits per heavy atom. The molecule has 1 unspecified atom stereocenters. The van der Waals surface area contributed by atoms with Gasteiger partial charge in [-0.15, -0.1) is 0 Å². The molecule has 74 valence electrons. The van der Waals surface area contributed by atoms with Crippen LogP contribution in [0.4, 0.5) is 5.82 Å². The summed E-state index contributed by atoms with van der Waals surface area (Å²) in [6.45, 7) is 2.13. The van der Waals surface area contributed by atoms with Crippen molar-refractivity contribution in [2.75, 3.05) is 0 Å². The van der Waals surface area contributed by atoms with Crippen LogP contribution in [-0.4, -0.2) is 16.2 Å². The van der Waals surface area contributed by atoms with Crippen LogP contribution in [0, 0.1) is 5.92 Å². The topological polar surface area (TPSA) is 58.1 Å². The van der Waals surface area contributed by atoms with E-state index < -0.39 is 0 Å². The number of rotatable bonds is 1. The monoisotopic (exact) mass is 191 g/mol. The number of nitrogens with zero attached hydrogens (tertiary/aromatic N) is 2. The molecule has 0 amide bonds. The Bertz CT molecular complexity index is 408. The van der Waals surface area contributed by atoms with Crippen molar-refractivity contribution in [3.05, 3.63) is 22.2 Å². The van der Waals surface area contributed by atoms with Crippen molar-refractivity contribution >= 4 is 12.0 Å². The smallest absolute Gasteiger partial charge is 0.256 e. The van der Waals surface area contributed by atoms with Crippen LogP contribution in [0.15, 0.2) is 16.1 Å². The molecule has 0 saturated heterocycles. The lowest BCUT2D eigenvalue weighted by Gasteiger charge is -2.04. The number of fused-ring (bicyclic) bond motifs is 1. The molecule has 1 atom stereocenters. The van der Waals surface area contributed by atoms with Crippen molar-refractivity contribution in [3.63, 3.8) is 0 Å². The molecule has 4 nitrogen and oxygen atoms in total. The highest BCUT2D eigenvalue weighted by Gasteiger charge is 2.14. The number of aromatic nitrogens is 2. The summed E-state index contributed by atoms with van der Waals surface area (Å²) in [5.41, 5.74) is 0.670. The average Bonchev–Trinajstić information content (AvgIpc) is 2.41. The highest BCUT2D eigenvalue weighted by atomic mass is 16.1. The van der Waals surface area contributed by atoms with Gasteiger partial charge in [0.15, 0.2) is 5.82 Å². The first-order chi connectivity index (χ1) is 6.81. The molecule has 0 aromatic carbocycles. The summed E-state index contributed by atoms with van der Waals surface area (Å²) in [6, 6.07) is 0. The molecule has 1 aromatic rings. The first kappa shape index (κ1) is 9.12. The molecule has 2 heterocycles. The van der Waals surface area contributed by atoms with E-state index in [-0.39, 0.29) is 5.56 Å². The quantitative estimate of drug-likeness (QED) is 0.730. The third-order valence-corrected chi connectivity index (χ3v) is 2.62. The van der Waals surface area contributed by atoms with E-state index in [1.807, 2.05) is 6.21 Å². The molecular formula is C10H13N3O. The Hall–Kier alpha value is -1.45. The van der Waals surface area contributed by atoms with Gasteiger partial charge in [-0.2, -0.15) is 0 Å². The molecule has 14 heavy (non-hydrogen) atoms. The highest BCUT2D eigenvalue weighted by molar-refractivity contribution is 5.66. The molecule has 0 spiro atoms. The highest BCUT2D eigenvalue weighted by Crippen LogP contribution is 2.20. The zero-order valence-electron chi connectivity index (χ0n) is 8.16. The Balaban J connectivity index is 2.40. The molecule has 0 aliphatic carbocycles. The molecule has 1 aliphatic rings. The zero-order chi connectivity index (χ0) is 9.97. The van der Waals surface area contributed by atoms with E-state index in [1.54, 1.807) is 0 Å². The normalized spacial score (nSPS) is 20.2. The zero-order valence-corrected chi connectivity index (χ0v) is 8.16. The Morgan fingerprint density at radius 1 is 1.64 bits per heavy atom. The maximum atomic E-state index is 11.4. The summed E-state index contributed by atoms with van der Waals surface area (Å²) < 4.78 is 0. The molecule has 1 N–H and O–H groups in total. The maximum Gasteiger partial charge on any atom is 0.256 e. The van der Waals surface area contributed by atoms with Crippen LogP contribution in [0.5, 0.6) is 0 Å². The third-order valence-electron chi connectivity index (χ3n) is 2.62. The van der Waals surface area contributed by atoms with Crippen molar-refractivity contribution < 1.29 is 0 Å². The van der Waals surface area contributed by atoms with Gasteiger partial charge in [-0.3, -0.25) is 4.79 Å². The number of aromatic amines is 1. The van der Waals surface area contributed by atoms with Crippen molar-refractivity contribution in [1.29, 1.82) is 0 Å². The summed E-state index contributed by atoms with van der Waals surface area (Å²) in [5, 5.41) is 0. The lowest BCUT2D eigenvalue weighted by Crippen LogP contribution is -2.13. The molecule has 1 aromatic heterocycles.